The highest BCUT2D eigenvalue weighted by Gasteiger charge is 2.26. The van der Waals surface area contributed by atoms with Crippen LogP contribution in [-0.4, -0.2) is 11.9 Å². The van der Waals surface area contributed by atoms with Crippen molar-refractivity contribution in [3.05, 3.63) is 0 Å². The molecule has 1 saturated carbocycles. The van der Waals surface area contributed by atoms with Crippen LogP contribution in [0.5, 0.6) is 0 Å². The first-order chi connectivity index (χ1) is 7.13. The van der Waals surface area contributed by atoms with Crippen molar-refractivity contribution >= 4 is 5.91 Å². The summed E-state index contributed by atoms with van der Waals surface area (Å²) in [6, 6.07) is 2.57. The summed E-state index contributed by atoms with van der Waals surface area (Å²) in [6.07, 6.45) is 5.57. The maximum Gasteiger partial charge on any atom is 0.217 e. The lowest BCUT2D eigenvalue weighted by atomic mass is 9.79. The SMILES string of the molecule is CC(=O)NC1CCCCC1CC(C)C#N. The first kappa shape index (κ1) is 12.0. The van der Waals surface area contributed by atoms with Crippen molar-refractivity contribution in [2.75, 3.05) is 0 Å². The topological polar surface area (TPSA) is 52.9 Å². The Morgan fingerprint density at radius 1 is 1.53 bits per heavy atom. The molecule has 0 saturated heterocycles. The maximum atomic E-state index is 11.0. The molecule has 15 heavy (non-hydrogen) atoms. The fourth-order valence-corrected chi connectivity index (χ4v) is 2.45. The Balaban J connectivity index is 2.50. The first-order valence-electron chi connectivity index (χ1n) is 5.80. The minimum Gasteiger partial charge on any atom is -0.353 e. The molecule has 0 heterocycles. The van der Waals surface area contributed by atoms with Crippen LogP contribution in [-0.2, 0) is 4.79 Å². The summed E-state index contributed by atoms with van der Waals surface area (Å²) in [6.45, 7) is 3.53. The monoisotopic (exact) mass is 208 g/mol. The van der Waals surface area contributed by atoms with E-state index in [2.05, 4.69) is 11.4 Å². The molecule has 84 valence electrons. The minimum absolute atomic E-state index is 0.0523. The van der Waals surface area contributed by atoms with Gasteiger partial charge in [-0.2, -0.15) is 5.26 Å². The van der Waals surface area contributed by atoms with E-state index in [-0.39, 0.29) is 11.8 Å². The largest absolute Gasteiger partial charge is 0.353 e. The molecule has 1 N–H and O–H groups in total. The van der Waals surface area contributed by atoms with E-state index in [4.69, 9.17) is 5.26 Å². The molecule has 0 aromatic rings. The lowest BCUT2D eigenvalue weighted by Crippen LogP contribution is -2.41. The Bertz CT molecular complexity index is 257. The normalized spacial score (nSPS) is 27.8. The molecule has 0 bridgehead atoms. The molecule has 1 aliphatic rings. The van der Waals surface area contributed by atoms with Gasteiger partial charge in [0.25, 0.3) is 0 Å². The molecule has 0 aromatic carbocycles. The van der Waals surface area contributed by atoms with E-state index < -0.39 is 0 Å². The van der Waals surface area contributed by atoms with Crippen LogP contribution in [0.15, 0.2) is 0 Å². The summed E-state index contributed by atoms with van der Waals surface area (Å²) in [5, 5.41) is 11.8. The Morgan fingerprint density at radius 3 is 2.80 bits per heavy atom. The number of carbonyl (C=O) groups excluding carboxylic acids is 1. The second-order valence-electron chi connectivity index (χ2n) is 4.62. The molecule has 3 atom stereocenters. The van der Waals surface area contributed by atoms with E-state index in [1.807, 2.05) is 6.92 Å². The first-order valence-corrected chi connectivity index (χ1v) is 5.80. The third-order valence-corrected chi connectivity index (χ3v) is 3.17. The van der Waals surface area contributed by atoms with Crippen molar-refractivity contribution in [2.45, 2.75) is 52.0 Å². The molecule has 0 spiro atoms. The van der Waals surface area contributed by atoms with Gasteiger partial charge in [-0.05, 0) is 32.1 Å². The van der Waals surface area contributed by atoms with Crippen molar-refractivity contribution < 1.29 is 4.79 Å². The van der Waals surface area contributed by atoms with Gasteiger partial charge in [0.2, 0.25) is 5.91 Å². The Morgan fingerprint density at radius 2 is 2.20 bits per heavy atom. The van der Waals surface area contributed by atoms with Crippen molar-refractivity contribution in [1.29, 1.82) is 5.26 Å². The van der Waals surface area contributed by atoms with Crippen molar-refractivity contribution in [1.82, 2.24) is 5.32 Å². The minimum atomic E-state index is 0.0523. The third kappa shape index (κ3) is 3.91. The molecule has 1 amide bonds. The van der Waals surface area contributed by atoms with Crippen LogP contribution in [0.25, 0.3) is 0 Å². The zero-order chi connectivity index (χ0) is 11.3. The van der Waals surface area contributed by atoms with Crippen LogP contribution >= 0.6 is 0 Å². The summed E-state index contributed by atoms with van der Waals surface area (Å²) < 4.78 is 0. The number of nitrogens with zero attached hydrogens (tertiary/aromatic N) is 1. The van der Waals surface area contributed by atoms with Crippen LogP contribution < -0.4 is 5.32 Å². The molecule has 3 nitrogen and oxygen atoms in total. The summed E-state index contributed by atoms with van der Waals surface area (Å²) in [5.41, 5.74) is 0. The number of nitrogens with one attached hydrogen (secondary N) is 1. The highest BCUT2D eigenvalue weighted by Crippen LogP contribution is 2.29. The standard InChI is InChI=1S/C12H20N2O/c1-9(8-13)7-11-5-3-4-6-12(11)14-10(2)15/h9,11-12H,3-7H2,1-2H3,(H,14,15). The summed E-state index contributed by atoms with van der Waals surface area (Å²) in [7, 11) is 0. The molecule has 0 radical (unpaired) electrons. The predicted molar refractivity (Wildman–Crippen MR) is 59.0 cm³/mol. The molecule has 3 unspecified atom stereocenters. The van der Waals surface area contributed by atoms with Gasteiger partial charge in [-0.1, -0.05) is 12.8 Å². The van der Waals surface area contributed by atoms with Crippen LogP contribution in [0.1, 0.15) is 46.0 Å². The van der Waals surface area contributed by atoms with Crippen molar-refractivity contribution in [2.24, 2.45) is 11.8 Å². The van der Waals surface area contributed by atoms with Crippen molar-refractivity contribution in [3.8, 4) is 6.07 Å². The summed E-state index contributed by atoms with van der Waals surface area (Å²) >= 11 is 0. The van der Waals surface area contributed by atoms with Crippen LogP contribution in [0.3, 0.4) is 0 Å². The second kappa shape index (κ2) is 5.75. The van der Waals surface area contributed by atoms with E-state index >= 15 is 0 Å². The van der Waals surface area contributed by atoms with Gasteiger partial charge in [-0.3, -0.25) is 4.79 Å². The van der Waals surface area contributed by atoms with Crippen molar-refractivity contribution in [3.63, 3.8) is 0 Å². The van der Waals surface area contributed by atoms with Gasteiger partial charge in [0.05, 0.1) is 6.07 Å². The smallest absolute Gasteiger partial charge is 0.217 e. The van der Waals surface area contributed by atoms with Gasteiger partial charge in [-0.15, -0.1) is 0 Å². The quantitative estimate of drug-likeness (QED) is 0.773. The molecule has 0 aliphatic heterocycles. The highest BCUT2D eigenvalue weighted by molar-refractivity contribution is 5.73. The average Bonchev–Trinajstić information content (AvgIpc) is 2.20. The zero-order valence-electron chi connectivity index (χ0n) is 9.62. The fourth-order valence-electron chi connectivity index (χ4n) is 2.45. The average molecular weight is 208 g/mol. The fraction of sp³-hybridized carbons (Fsp3) is 0.833. The molecule has 1 fully saturated rings. The number of hydrogen-bond donors (Lipinski definition) is 1. The van der Waals surface area contributed by atoms with Gasteiger partial charge in [-0.25, -0.2) is 0 Å². The number of carbonyl (C=O) groups is 1. The van der Waals surface area contributed by atoms with Gasteiger partial charge < -0.3 is 5.32 Å². The Kier molecular flexibility index (Phi) is 4.61. The third-order valence-electron chi connectivity index (χ3n) is 3.17. The summed E-state index contributed by atoms with van der Waals surface area (Å²) in [4.78, 5) is 11.0. The maximum absolute atomic E-state index is 11.0. The van der Waals surface area contributed by atoms with Gasteiger partial charge in [0.1, 0.15) is 0 Å². The Hall–Kier alpha value is -1.04. The van der Waals surface area contributed by atoms with E-state index in [0.717, 1.165) is 19.3 Å². The predicted octanol–water partition coefficient (Wildman–Crippen LogP) is 2.23. The van der Waals surface area contributed by atoms with Crippen LogP contribution in [0, 0.1) is 23.2 Å². The number of rotatable bonds is 3. The van der Waals surface area contributed by atoms with E-state index in [1.165, 1.54) is 12.8 Å². The van der Waals surface area contributed by atoms with E-state index in [1.54, 1.807) is 6.92 Å². The summed E-state index contributed by atoms with van der Waals surface area (Å²) in [5.74, 6) is 0.651. The lowest BCUT2D eigenvalue weighted by molar-refractivity contribution is -0.120. The van der Waals surface area contributed by atoms with Gasteiger partial charge in [0.15, 0.2) is 0 Å². The van der Waals surface area contributed by atoms with Gasteiger partial charge in [0, 0.05) is 18.9 Å². The Labute approximate surface area is 91.9 Å². The molecular weight excluding hydrogens is 188 g/mol. The van der Waals surface area contributed by atoms with Crippen LogP contribution in [0.4, 0.5) is 0 Å². The molecule has 0 aromatic heterocycles. The second-order valence-corrected chi connectivity index (χ2v) is 4.62. The molecule has 1 aliphatic carbocycles. The van der Waals surface area contributed by atoms with E-state index in [0.29, 0.717) is 12.0 Å². The molecular formula is C12H20N2O. The number of hydrogen-bond acceptors (Lipinski definition) is 2. The zero-order valence-corrected chi connectivity index (χ0v) is 9.62. The molecule has 3 heteroatoms. The van der Waals surface area contributed by atoms with Crippen LogP contribution in [0.2, 0.25) is 0 Å². The number of nitriles is 1. The molecule has 1 rings (SSSR count). The van der Waals surface area contributed by atoms with E-state index in [9.17, 15) is 4.79 Å². The van der Waals surface area contributed by atoms with Gasteiger partial charge >= 0.3 is 0 Å². The lowest BCUT2D eigenvalue weighted by Gasteiger charge is -2.32. The highest BCUT2D eigenvalue weighted by atomic mass is 16.1. The number of amides is 1.